The minimum Gasteiger partial charge on any atom is -0.470 e. The average molecular weight is 446 g/mol. The molecule has 1 spiro atoms. The molecule has 162 valence electrons. The molecule has 4 rings (SSSR count). The van der Waals surface area contributed by atoms with E-state index in [1.54, 1.807) is 30.9 Å². The van der Waals surface area contributed by atoms with E-state index in [1.807, 2.05) is 6.07 Å². The maximum Gasteiger partial charge on any atom is 0.410 e. The maximum absolute atomic E-state index is 15.1. The van der Waals surface area contributed by atoms with Gasteiger partial charge in [-0.1, -0.05) is 11.6 Å². The average Bonchev–Trinajstić information content (AvgIpc) is 3.41. The molecular formula is C21H21ClFN5O3. The zero-order valence-corrected chi connectivity index (χ0v) is 17.8. The zero-order valence-electron chi connectivity index (χ0n) is 17.1. The van der Waals surface area contributed by atoms with Crippen molar-refractivity contribution in [2.45, 2.75) is 38.9 Å². The van der Waals surface area contributed by atoms with Gasteiger partial charge in [-0.2, -0.15) is 14.6 Å². The van der Waals surface area contributed by atoms with Gasteiger partial charge in [-0.25, -0.2) is 9.78 Å². The number of amides is 1. The molecule has 1 N–H and O–H groups in total. The summed E-state index contributed by atoms with van der Waals surface area (Å²) in [5.41, 5.74) is 0.586. The summed E-state index contributed by atoms with van der Waals surface area (Å²) in [4.78, 5) is 21.8. The Bertz CT molecular complexity index is 1050. The molecule has 1 aliphatic heterocycles. The summed E-state index contributed by atoms with van der Waals surface area (Å²) in [6, 6.07) is 6.59. The van der Waals surface area contributed by atoms with Crippen LogP contribution in [0.15, 0.2) is 24.5 Å². The van der Waals surface area contributed by atoms with Crippen molar-refractivity contribution in [3.63, 3.8) is 0 Å². The van der Waals surface area contributed by atoms with Crippen molar-refractivity contribution in [2.75, 3.05) is 18.4 Å². The standard InChI is InChI=1S/C21H21ClFN5O3/c1-12(2)30-20(29)28-9-16(21(10-28)5-6-21)31-19-17(23)18(25-11-26-19)27-15-4-3-13(8-24)7-14(15)22/h3-4,7,11-12,16H,5-6,9-10H2,1-2H3,(H,25,26,27). The molecule has 2 aromatic rings. The molecule has 10 heteroatoms. The highest BCUT2D eigenvalue weighted by atomic mass is 35.5. The third-order valence-corrected chi connectivity index (χ3v) is 5.74. The second-order valence-electron chi connectivity index (χ2n) is 8.05. The van der Waals surface area contributed by atoms with Gasteiger partial charge in [0, 0.05) is 12.0 Å². The molecule has 1 amide bonds. The topological polar surface area (TPSA) is 100 Å². The van der Waals surface area contributed by atoms with E-state index in [0.29, 0.717) is 24.3 Å². The van der Waals surface area contributed by atoms with E-state index in [2.05, 4.69) is 15.3 Å². The Kier molecular flexibility index (Phi) is 5.58. The first kappa shape index (κ1) is 21.1. The smallest absolute Gasteiger partial charge is 0.410 e. The molecule has 1 saturated carbocycles. The molecule has 0 bridgehead atoms. The number of carbonyl (C=O) groups excluding carboxylic acids is 1. The summed E-state index contributed by atoms with van der Waals surface area (Å²) in [6.45, 7) is 4.40. The molecule has 2 fully saturated rings. The van der Waals surface area contributed by atoms with Crippen molar-refractivity contribution in [2.24, 2.45) is 5.41 Å². The number of halogens is 2. The molecule has 1 atom stereocenters. The van der Waals surface area contributed by atoms with Gasteiger partial charge in [0.2, 0.25) is 5.82 Å². The summed E-state index contributed by atoms with van der Waals surface area (Å²) < 4.78 is 26.3. The van der Waals surface area contributed by atoms with Crippen molar-refractivity contribution in [1.82, 2.24) is 14.9 Å². The summed E-state index contributed by atoms with van der Waals surface area (Å²) in [7, 11) is 0. The number of nitriles is 1. The first-order valence-corrected chi connectivity index (χ1v) is 10.3. The number of benzene rings is 1. The van der Waals surface area contributed by atoms with Crippen molar-refractivity contribution in [1.29, 1.82) is 5.26 Å². The maximum atomic E-state index is 15.1. The summed E-state index contributed by atoms with van der Waals surface area (Å²) in [6.07, 6.45) is 1.97. The van der Waals surface area contributed by atoms with Crippen LogP contribution in [0.5, 0.6) is 5.88 Å². The summed E-state index contributed by atoms with van der Waals surface area (Å²) in [5.74, 6) is -1.06. The molecule has 0 radical (unpaired) electrons. The highest BCUT2D eigenvalue weighted by Gasteiger charge is 2.58. The third-order valence-electron chi connectivity index (χ3n) is 5.42. The van der Waals surface area contributed by atoms with Gasteiger partial charge in [-0.15, -0.1) is 0 Å². The summed E-state index contributed by atoms with van der Waals surface area (Å²) in [5, 5.41) is 12.0. The quantitative estimate of drug-likeness (QED) is 0.733. The van der Waals surface area contributed by atoms with E-state index in [4.69, 9.17) is 26.3 Å². The van der Waals surface area contributed by atoms with Crippen LogP contribution in [-0.2, 0) is 4.74 Å². The van der Waals surface area contributed by atoms with Crippen LogP contribution < -0.4 is 10.1 Å². The van der Waals surface area contributed by atoms with Crippen LogP contribution in [0.25, 0.3) is 0 Å². The van der Waals surface area contributed by atoms with Gasteiger partial charge in [0.15, 0.2) is 5.82 Å². The largest absolute Gasteiger partial charge is 0.470 e. The Hall–Kier alpha value is -3.12. The fourth-order valence-corrected chi connectivity index (χ4v) is 3.86. The first-order chi connectivity index (χ1) is 14.8. The van der Waals surface area contributed by atoms with Crippen molar-refractivity contribution in [3.8, 4) is 11.9 Å². The van der Waals surface area contributed by atoms with Crippen LogP contribution in [-0.4, -0.2) is 46.3 Å². The van der Waals surface area contributed by atoms with Gasteiger partial charge in [-0.05, 0) is 44.9 Å². The number of rotatable bonds is 5. The molecule has 2 heterocycles. The van der Waals surface area contributed by atoms with Gasteiger partial charge in [0.1, 0.15) is 12.4 Å². The molecule has 1 aromatic carbocycles. The van der Waals surface area contributed by atoms with Crippen LogP contribution in [0.4, 0.5) is 20.7 Å². The van der Waals surface area contributed by atoms with Crippen LogP contribution in [0.1, 0.15) is 32.3 Å². The number of nitrogens with one attached hydrogen (secondary N) is 1. The Morgan fingerprint density at radius 1 is 1.42 bits per heavy atom. The molecule has 1 aliphatic carbocycles. The van der Waals surface area contributed by atoms with Gasteiger partial charge in [0.05, 0.1) is 35.0 Å². The number of nitrogens with zero attached hydrogens (tertiary/aromatic N) is 4. The fraction of sp³-hybridized carbons (Fsp3) is 0.429. The van der Waals surface area contributed by atoms with Crippen LogP contribution in [0.3, 0.4) is 0 Å². The van der Waals surface area contributed by atoms with Crippen molar-refractivity contribution < 1.29 is 18.7 Å². The molecule has 2 aliphatic rings. The van der Waals surface area contributed by atoms with E-state index in [1.165, 1.54) is 12.4 Å². The van der Waals surface area contributed by atoms with Gasteiger partial charge in [-0.3, -0.25) is 0 Å². The first-order valence-electron chi connectivity index (χ1n) is 9.91. The Balaban J connectivity index is 1.50. The van der Waals surface area contributed by atoms with Gasteiger partial charge >= 0.3 is 6.09 Å². The highest BCUT2D eigenvalue weighted by Crippen LogP contribution is 2.54. The lowest BCUT2D eigenvalue weighted by Crippen LogP contribution is -2.33. The SMILES string of the molecule is CC(C)OC(=O)N1CC(Oc2ncnc(Nc3ccc(C#N)cc3Cl)c2F)C2(CC2)C1. The number of carbonyl (C=O) groups is 1. The molecule has 1 unspecified atom stereocenters. The Labute approximate surface area is 183 Å². The van der Waals surface area contributed by atoms with E-state index >= 15 is 4.39 Å². The molecule has 1 saturated heterocycles. The van der Waals surface area contributed by atoms with Crippen LogP contribution in [0.2, 0.25) is 5.02 Å². The lowest BCUT2D eigenvalue weighted by molar-refractivity contribution is 0.0793. The minimum atomic E-state index is -0.762. The Morgan fingerprint density at radius 3 is 2.84 bits per heavy atom. The van der Waals surface area contributed by atoms with Crippen LogP contribution in [0, 0.1) is 22.6 Å². The van der Waals surface area contributed by atoms with E-state index in [0.717, 1.165) is 12.8 Å². The van der Waals surface area contributed by atoms with E-state index < -0.39 is 11.9 Å². The normalized spacial score (nSPS) is 18.7. The highest BCUT2D eigenvalue weighted by molar-refractivity contribution is 6.33. The predicted molar refractivity (Wildman–Crippen MR) is 111 cm³/mol. The third kappa shape index (κ3) is 4.35. The second-order valence-corrected chi connectivity index (χ2v) is 8.46. The Morgan fingerprint density at radius 2 is 2.19 bits per heavy atom. The van der Waals surface area contributed by atoms with Crippen LogP contribution >= 0.6 is 11.6 Å². The lowest BCUT2D eigenvalue weighted by Gasteiger charge is -2.19. The number of hydrogen-bond donors (Lipinski definition) is 1. The predicted octanol–water partition coefficient (Wildman–Crippen LogP) is 4.27. The number of ether oxygens (including phenoxy) is 2. The number of likely N-dealkylation sites (tertiary alicyclic amines) is 1. The molecule has 1 aromatic heterocycles. The van der Waals surface area contributed by atoms with E-state index in [-0.39, 0.29) is 34.3 Å². The second kappa shape index (κ2) is 8.19. The monoisotopic (exact) mass is 445 g/mol. The molecule has 31 heavy (non-hydrogen) atoms. The van der Waals surface area contributed by atoms with Crippen molar-refractivity contribution >= 4 is 29.2 Å². The van der Waals surface area contributed by atoms with Gasteiger partial charge < -0.3 is 19.7 Å². The zero-order chi connectivity index (χ0) is 22.2. The van der Waals surface area contributed by atoms with E-state index in [9.17, 15) is 4.79 Å². The van der Waals surface area contributed by atoms with Crippen molar-refractivity contribution in [3.05, 3.63) is 40.9 Å². The lowest BCUT2D eigenvalue weighted by atomic mass is 10.0. The summed E-state index contributed by atoms with van der Waals surface area (Å²) >= 11 is 6.15. The minimum absolute atomic E-state index is 0.101. The molecule has 8 nitrogen and oxygen atoms in total. The molecular weight excluding hydrogens is 425 g/mol. The number of anilines is 2. The fourth-order valence-electron chi connectivity index (χ4n) is 3.63. The number of hydrogen-bond acceptors (Lipinski definition) is 7. The number of aromatic nitrogens is 2. The van der Waals surface area contributed by atoms with Gasteiger partial charge in [0.25, 0.3) is 5.88 Å².